The first-order valence-electron chi connectivity index (χ1n) is 9.47. The van der Waals surface area contributed by atoms with Gasteiger partial charge in [-0.1, -0.05) is 41.1 Å². The van der Waals surface area contributed by atoms with Crippen LogP contribution in [0, 0.1) is 6.92 Å². The van der Waals surface area contributed by atoms with Gasteiger partial charge in [-0.15, -0.1) is 5.10 Å². The molecule has 0 unspecified atom stereocenters. The third-order valence-electron chi connectivity index (χ3n) is 4.53. The number of carbonyl (C=O) groups is 1. The number of anilines is 1. The number of amides is 1. The van der Waals surface area contributed by atoms with Gasteiger partial charge >= 0.3 is 11.9 Å². The van der Waals surface area contributed by atoms with Gasteiger partial charge in [-0.3, -0.25) is 4.79 Å². The van der Waals surface area contributed by atoms with E-state index in [-0.39, 0.29) is 10.7 Å². The van der Waals surface area contributed by atoms with Gasteiger partial charge in [0.2, 0.25) is 5.91 Å². The van der Waals surface area contributed by atoms with Crippen LogP contribution >= 0.6 is 23.4 Å². The maximum atomic E-state index is 13.3. The first-order valence-corrected chi connectivity index (χ1v) is 10.7. The maximum Gasteiger partial charge on any atom is 0.418 e. The SMILES string of the molecule is Cc1cccc(Sc2nccn3c(=O)n(CC(=O)Nc4ccc(Cl)cc4C(F)(F)F)nc23)c1. The zero-order valence-corrected chi connectivity index (χ0v) is 18.5. The van der Waals surface area contributed by atoms with E-state index in [0.717, 1.165) is 21.2 Å². The number of nitrogens with zero attached hydrogens (tertiary/aromatic N) is 4. The highest BCUT2D eigenvalue weighted by molar-refractivity contribution is 7.99. The van der Waals surface area contributed by atoms with Crippen LogP contribution in [0.1, 0.15) is 11.1 Å². The van der Waals surface area contributed by atoms with E-state index in [0.29, 0.717) is 11.1 Å². The molecule has 12 heteroatoms. The Morgan fingerprint density at radius 1 is 1.21 bits per heavy atom. The van der Waals surface area contributed by atoms with E-state index in [1.54, 1.807) is 0 Å². The quantitative estimate of drug-likeness (QED) is 0.437. The monoisotopic (exact) mass is 493 g/mol. The number of carbonyl (C=O) groups excluding carboxylic acids is 1. The lowest BCUT2D eigenvalue weighted by Crippen LogP contribution is -2.28. The van der Waals surface area contributed by atoms with Crippen LogP contribution in [0.15, 0.2) is 69.6 Å². The van der Waals surface area contributed by atoms with Crippen LogP contribution < -0.4 is 11.0 Å². The highest BCUT2D eigenvalue weighted by Crippen LogP contribution is 2.36. The number of fused-ring (bicyclic) bond motifs is 1. The Hall–Kier alpha value is -3.31. The fourth-order valence-corrected chi connectivity index (χ4v) is 4.21. The lowest BCUT2D eigenvalue weighted by atomic mass is 10.1. The molecule has 2 aromatic heterocycles. The van der Waals surface area contributed by atoms with Gasteiger partial charge in [-0.05, 0) is 37.3 Å². The van der Waals surface area contributed by atoms with Crippen LogP contribution in [0.4, 0.5) is 18.9 Å². The standard InChI is InChI=1S/C21H15ClF3N5O2S/c1-12-3-2-4-14(9-12)33-19-18-28-30(20(32)29(18)8-7-26-19)11-17(31)27-16-6-5-13(22)10-15(16)21(23,24)25/h2-10H,11H2,1H3,(H,27,31). The van der Waals surface area contributed by atoms with E-state index in [1.165, 1.54) is 34.6 Å². The zero-order valence-electron chi connectivity index (χ0n) is 16.9. The second-order valence-corrected chi connectivity index (χ2v) is 8.52. The summed E-state index contributed by atoms with van der Waals surface area (Å²) in [4.78, 5) is 30.3. The minimum Gasteiger partial charge on any atom is -0.324 e. The van der Waals surface area contributed by atoms with Crippen molar-refractivity contribution in [3.05, 3.63) is 81.5 Å². The molecule has 0 spiro atoms. The van der Waals surface area contributed by atoms with Crippen LogP contribution in [-0.4, -0.2) is 25.1 Å². The fraction of sp³-hybridized carbons (Fsp3) is 0.143. The predicted octanol–water partition coefficient (Wildman–Crippen LogP) is 4.66. The average molecular weight is 494 g/mol. The first-order chi connectivity index (χ1) is 15.6. The van der Waals surface area contributed by atoms with Crippen molar-refractivity contribution in [2.24, 2.45) is 0 Å². The molecule has 4 rings (SSSR count). The van der Waals surface area contributed by atoms with Crippen molar-refractivity contribution in [3.63, 3.8) is 0 Å². The van der Waals surface area contributed by atoms with E-state index in [9.17, 15) is 22.8 Å². The van der Waals surface area contributed by atoms with E-state index in [2.05, 4.69) is 15.4 Å². The summed E-state index contributed by atoms with van der Waals surface area (Å²) in [7, 11) is 0. The number of alkyl halides is 3. The Morgan fingerprint density at radius 2 is 2.00 bits per heavy atom. The van der Waals surface area contributed by atoms with Crippen LogP contribution in [0.5, 0.6) is 0 Å². The Bertz CT molecular complexity index is 1420. The molecule has 1 N–H and O–H groups in total. The third kappa shape index (κ3) is 5.04. The van der Waals surface area contributed by atoms with E-state index >= 15 is 0 Å². The number of aromatic nitrogens is 4. The zero-order chi connectivity index (χ0) is 23.8. The van der Waals surface area contributed by atoms with Gasteiger partial charge in [-0.25, -0.2) is 18.9 Å². The molecule has 0 radical (unpaired) electrons. The molecular weight excluding hydrogens is 479 g/mol. The molecule has 4 aromatic rings. The van der Waals surface area contributed by atoms with Crippen molar-refractivity contribution >= 4 is 40.6 Å². The van der Waals surface area contributed by atoms with Gasteiger partial charge in [0.25, 0.3) is 0 Å². The summed E-state index contributed by atoms with van der Waals surface area (Å²) in [6.45, 7) is 1.36. The van der Waals surface area contributed by atoms with Gasteiger partial charge in [0.15, 0.2) is 5.65 Å². The topological polar surface area (TPSA) is 81.3 Å². The van der Waals surface area contributed by atoms with Crippen molar-refractivity contribution in [1.82, 2.24) is 19.2 Å². The van der Waals surface area contributed by atoms with Gasteiger partial charge in [0, 0.05) is 22.3 Å². The molecule has 0 aliphatic carbocycles. The number of hydrogen-bond acceptors (Lipinski definition) is 5. The van der Waals surface area contributed by atoms with Crippen molar-refractivity contribution < 1.29 is 18.0 Å². The molecule has 0 saturated carbocycles. The number of hydrogen-bond donors (Lipinski definition) is 1. The van der Waals surface area contributed by atoms with Crippen LogP contribution in [0.2, 0.25) is 5.02 Å². The summed E-state index contributed by atoms with van der Waals surface area (Å²) in [5.74, 6) is -0.853. The molecule has 0 bridgehead atoms. The summed E-state index contributed by atoms with van der Waals surface area (Å²) < 4.78 is 41.9. The lowest BCUT2D eigenvalue weighted by molar-refractivity contribution is -0.137. The Balaban J connectivity index is 1.61. The summed E-state index contributed by atoms with van der Waals surface area (Å²) in [5, 5.41) is 6.67. The molecule has 2 heterocycles. The van der Waals surface area contributed by atoms with Gasteiger partial charge in [0.05, 0.1) is 11.3 Å². The summed E-state index contributed by atoms with van der Waals surface area (Å²) in [6.07, 6.45) is -1.89. The summed E-state index contributed by atoms with van der Waals surface area (Å²) >= 11 is 6.95. The Kier molecular flexibility index (Phi) is 6.17. The molecule has 7 nitrogen and oxygen atoms in total. The van der Waals surface area contributed by atoms with Crippen molar-refractivity contribution in [2.45, 2.75) is 29.6 Å². The molecule has 0 atom stereocenters. The van der Waals surface area contributed by atoms with Crippen LogP contribution in [0.25, 0.3) is 5.65 Å². The second kappa shape index (κ2) is 8.91. The van der Waals surface area contributed by atoms with Crippen LogP contribution in [-0.2, 0) is 17.5 Å². The molecule has 2 aromatic carbocycles. The maximum absolute atomic E-state index is 13.3. The number of halogens is 4. The van der Waals surface area contributed by atoms with E-state index in [4.69, 9.17) is 11.6 Å². The predicted molar refractivity (Wildman–Crippen MR) is 118 cm³/mol. The van der Waals surface area contributed by atoms with Crippen molar-refractivity contribution in [3.8, 4) is 0 Å². The van der Waals surface area contributed by atoms with Crippen LogP contribution in [0.3, 0.4) is 0 Å². The number of nitrogens with one attached hydrogen (secondary N) is 1. The minimum atomic E-state index is -4.72. The van der Waals surface area contributed by atoms with E-state index < -0.39 is 35.6 Å². The van der Waals surface area contributed by atoms with Crippen molar-refractivity contribution in [1.29, 1.82) is 0 Å². The molecule has 170 valence electrons. The smallest absolute Gasteiger partial charge is 0.324 e. The highest BCUT2D eigenvalue weighted by atomic mass is 35.5. The molecule has 0 aliphatic rings. The fourth-order valence-electron chi connectivity index (χ4n) is 3.08. The van der Waals surface area contributed by atoms with E-state index in [1.807, 2.05) is 31.2 Å². The summed E-state index contributed by atoms with van der Waals surface area (Å²) in [6, 6.07) is 10.7. The second-order valence-electron chi connectivity index (χ2n) is 7.02. The normalized spacial score (nSPS) is 11.7. The largest absolute Gasteiger partial charge is 0.418 e. The Labute approximate surface area is 194 Å². The molecule has 1 amide bonds. The Morgan fingerprint density at radius 3 is 2.73 bits per heavy atom. The average Bonchev–Trinajstić information content (AvgIpc) is 3.05. The first kappa shape index (κ1) is 22.9. The molecular formula is C21H15ClF3N5O2S. The number of aryl methyl sites for hydroxylation is 1. The molecule has 0 aliphatic heterocycles. The summed E-state index contributed by atoms with van der Waals surface area (Å²) in [5.41, 5.74) is -0.908. The van der Waals surface area contributed by atoms with Crippen molar-refractivity contribution in [2.75, 3.05) is 5.32 Å². The molecule has 33 heavy (non-hydrogen) atoms. The number of benzene rings is 2. The van der Waals surface area contributed by atoms with Gasteiger partial charge < -0.3 is 5.32 Å². The molecule has 0 saturated heterocycles. The number of rotatable bonds is 5. The van der Waals surface area contributed by atoms with Gasteiger partial charge in [0.1, 0.15) is 11.6 Å². The molecule has 0 fully saturated rings. The lowest BCUT2D eigenvalue weighted by Gasteiger charge is -2.14. The highest BCUT2D eigenvalue weighted by Gasteiger charge is 2.34. The third-order valence-corrected chi connectivity index (χ3v) is 5.73. The minimum absolute atomic E-state index is 0.122. The van der Waals surface area contributed by atoms with Gasteiger partial charge in [-0.2, -0.15) is 13.2 Å².